The van der Waals surface area contributed by atoms with Crippen LogP contribution in [0.4, 0.5) is 14.9 Å². The minimum atomic E-state index is -0.554. The number of nitrogens with one attached hydrogen (secondary N) is 2. The van der Waals surface area contributed by atoms with E-state index in [4.69, 9.17) is 26.4 Å². The van der Waals surface area contributed by atoms with Gasteiger partial charge in [0.25, 0.3) is 0 Å². The van der Waals surface area contributed by atoms with Crippen molar-refractivity contribution in [2.45, 2.75) is 26.2 Å². The molecule has 1 amide bonds. The molecule has 10 nitrogen and oxygen atoms in total. The number of benzene rings is 2. The highest BCUT2D eigenvalue weighted by Crippen LogP contribution is 2.26. The molecule has 1 saturated heterocycles. The average Bonchev–Trinajstić information content (AvgIpc) is 3.45. The van der Waals surface area contributed by atoms with Crippen LogP contribution in [0.2, 0.25) is 0 Å². The highest BCUT2D eigenvalue weighted by atomic mass is 32.1. The van der Waals surface area contributed by atoms with Crippen molar-refractivity contribution in [3.8, 4) is 5.69 Å². The van der Waals surface area contributed by atoms with Crippen molar-refractivity contribution in [2.75, 3.05) is 37.7 Å². The van der Waals surface area contributed by atoms with Crippen LogP contribution < -0.4 is 15.5 Å². The van der Waals surface area contributed by atoms with Gasteiger partial charge < -0.3 is 24.8 Å². The molecular weight excluding hydrogens is 475 g/mol. The summed E-state index contributed by atoms with van der Waals surface area (Å²) in [6, 6.07) is 11.8. The fraction of sp³-hybridized carbons (Fsp3) is 0.391. The Labute approximate surface area is 207 Å². The lowest BCUT2D eigenvalue weighted by atomic mass is 10.2. The Hall–Kier alpha value is -3.35. The molecule has 1 aliphatic rings. The predicted molar refractivity (Wildman–Crippen MR) is 132 cm³/mol. The molecule has 1 aromatic heterocycles. The molecule has 0 spiro atoms. The van der Waals surface area contributed by atoms with Gasteiger partial charge in [-0.3, -0.25) is 4.90 Å². The Morgan fingerprint density at radius 1 is 1.23 bits per heavy atom. The van der Waals surface area contributed by atoms with Gasteiger partial charge >= 0.3 is 6.09 Å². The van der Waals surface area contributed by atoms with Crippen LogP contribution in [0.3, 0.4) is 0 Å². The molecule has 12 heteroatoms. The number of para-hydroxylation sites is 1. The molecule has 4 rings (SSSR count). The molecular formula is C23H27FN6O4S. The molecule has 0 unspecified atom stereocenters. The van der Waals surface area contributed by atoms with Gasteiger partial charge in [0.2, 0.25) is 0 Å². The van der Waals surface area contributed by atoms with Crippen LogP contribution in [0.25, 0.3) is 16.7 Å². The Bertz CT molecular complexity index is 1190. The van der Waals surface area contributed by atoms with Crippen molar-refractivity contribution >= 4 is 40.1 Å². The van der Waals surface area contributed by atoms with Gasteiger partial charge in [-0.1, -0.05) is 17.3 Å². The molecule has 1 aliphatic heterocycles. The molecule has 2 heterocycles. The number of hydrogen-bond donors (Lipinski definition) is 2. The van der Waals surface area contributed by atoms with Gasteiger partial charge in [-0.05, 0) is 56.4 Å². The lowest BCUT2D eigenvalue weighted by molar-refractivity contribution is -0.131. The Morgan fingerprint density at radius 3 is 2.74 bits per heavy atom. The van der Waals surface area contributed by atoms with Crippen LogP contribution in [0.15, 0.2) is 42.5 Å². The number of fused-ring (bicyclic) bond motifs is 1. The molecule has 186 valence electrons. The fourth-order valence-corrected chi connectivity index (χ4v) is 3.87. The average molecular weight is 503 g/mol. The first kappa shape index (κ1) is 24.8. The maximum atomic E-state index is 15.0. The minimum absolute atomic E-state index is 0.238. The van der Waals surface area contributed by atoms with E-state index in [1.165, 1.54) is 15.6 Å². The summed E-state index contributed by atoms with van der Waals surface area (Å²) in [5, 5.41) is 14.5. The van der Waals surface area contributed by atoms with E-state index < -0.39 is 24.3 Å². The third-order valence-electron chi connectivity index (χ3n) is 5.32. The van der Waals surface area contributed by atoms with Gasteiger partial charge in [0.05, 0.1) is 30.8 Å². The van der Waals surface area contributed by atoms with Gasteiger partial charge in [-0.25, -0.2) is 13.9 Å². The van der Waals surface area contributed by atoms with E-state index in [2.05, 4.69) is 20.9 Å². The third kappa shape index (κ3) is 5.84. The SMILES string of the molecule is CCOC(CNC(=S)NC[C@H]1CN(c2ccc(-n3nnc4ccccc43)c(F)c2)C(=O)O1)OCC. The van der Waals surface area contributed by atoms with Crippen LogP contribution >= 0.6 is 12.2 Å². The number of anilines is 1. The lowest BCUT2D eigenvalue weighted by Gasteiger charge is -2.19. The smallest absolute Gasteiger partial charge is 0.414 e. The van der Waals surface area contributed by atoms with Crippen LogP contribution in [0, 0.1) is 5.82 Å². The predicted octanol–water partition coefficient (Wildman–Crippen LogP) is 2.75. The molecule has 35 heavy (non-hydrogen) atoms. The number of thiocarbonyl (C=S) groups is 1. The molecule has 1 fully saturated rings. The molecule has 1 atom stereocenters. The summed E-state index contributed by atoms with van der Waals surface area (Å²) in [6.07, 6.45) is -1.42. The second kappa shape index (κ2) is 11.4. The lowest BCUT2D eigenvalue weighted by Crippen LogP contribution is -2.44. The van der Waals surface area contributed by atoms with E-state index in [0.717, 1.165) is 0 Å². The van der Waals surface area contributed by atoms with Gasteiger partial charge in [0, 0.05) is 13.2 Å². The first-order chi connectivity index (χ1) is 17.0. The Morgan fingerprint density at radius 2 is 2.00 bits per heavy atom. The Kier molecular flexibility index (Phi) is 8.06. The van der Waals surface area contributed by atoms with Crippen LogP contribution in [-0.2, 0) is 14.2 Å². The van der Waals surface area contributed by atoms with E-state index in [1.54, 1.807) is 18.2 Å². The monoisotopic (exact) mass is 502 g/mol. The number of nitrogens with zero attached hydrogens (tertiary/aromatic N) is 4. The summed E-state index contributed by atoms with van der Waals surface area (Å²) in [7, 11) is 0. The summed E-state index contributed by atoms with van der Waals surface area (Å²) in [4.78, 5) is 13.8. The van der Waals surface area contributed by atoms with Crippen LogP contribution in [0.1, 0.15) is 13.8 Å². The van der Waals surface area contributed by atoms with Crippen molar-refractivity contribution in [1.82, 2.24) is 25.6 Å². The van der Waals surface area contributed by atoms with Crippen molar-refractivity contribution in [3.63, 3.8) is 0 Å². The van der Waals surface area contributed by atoms with Gasteiger partial charge in [-0.2, -0.15) is 0 Å². The summed E-state index contributed by atoms with van der Waals surface area (Å²) in [5.74, 6) is -0.531. The number of hydrogen-bond acceptors (Lipinski definition) is 7. The van der Waals surface area contributed by atoms with Crippen LogP contribution in [-0.4, -0.2) is 71.4 Å². The first-order valence-corrected chi connectivity index (χ1v) is 11.7. The zero-order valence-corrected chi connectivity index (χ0v) is 20.3. The normalized spacial score (nSPS) is 15.6. The maximum absolute atomic E-state index is 15.0. The molecule has 0 bridgehead atoms. The van der Waals surface area contributed by atoms with Crippen molar-refractivity contribution < 1.29 is 23.4 Å². The zero-order valence-electron chi connectivity index (χ0n) is 19.4. The van der Waals surface area contributed by atoms with E-state index in [0.29, 0.717) is 48.1 Å². The van der Waals surface area contributed by atoms with Crippen molar-refractivity contribution in [2.24, 2.45) is 0 Å². The Balaban J connectivity index is 1.34. The largest absolute Gasteiger partial charge is 0.442 e. The van der Waals surface area contributed by atoms with Crippen molar-refractivity contribution in [1.29, 1.82) is 0 Å². The second-order valence-electron chi connectivity index (χ2n) is 7.67. The standard InChI is InChI=1S/C23H27FN6O4S/c1-3-32-21(33-4-2)13-26-22(35)25-12-16-14-29(23(31)34-16)15-9-10-19(17(24)11-15)30-20-8-6-5-7-18(20)27-28-30/h5-11,16,21H,3-4,12-14H2,1-2H3,(H2,25,26,35)/t16-/m0/s1. The summed E-state index contributed by atoms with van der Waals surface area (Å²) >= 11 is 5.28. The molecule has 2 N–H and O–H groups in total. The fourth-order valence-electron chi connectivity index (χ4n) is 3.70. The number of aromatic nitrogens is 3. The maximum Gasteiger partial charge on any atom is 0.414 e. The summed E-state index contributed by atoms with van der Waals surface area (Å²) in [6.45, 7) is 5.76. The van der Waals surface area contributed by atoms with Crippen molar-refractivity contribution in [3.05, 3.63) is 48.3 Å². The molecule has 0 saturated carbocycles. The highest BCUT2D eigenvalue weighted by Gasteiger charge is 2.33. The zero-order chi connectivity index (χ0) is 24.8. The number of carbonyl (C=O) groups excluding carboxylic acids is 1. The topological polar surface area (TPSA) is 103 Å². The number of halogens is 1. The van der Waals surface area contributed by atoms with Gasteiger partial charge in [-0.15, -0.1) is 5.10 Å². The number of rotatable bonds is 10. The third-order valence-corrected chi connectivity index (χ3v) is 5.61. The highest BCUT2D eigenvalue weighted by molar-refractivity contribution is 7.80. The van der Waals surface area contributed by atoms with Gasteiger partial charge in [0.1, 0.15) is 17.3 Å². The molecule has 0 aliphatic carbocycles. The number of cyclic esters (lactones) is 1. The first-order valence-electron chi connectivity index (χ1n) is 11.3. The minimum Gasteiger partial charge on any atom is -0.442 e. The number of ether oxygens (including phenoxy) is 3. The second-order valence-corrected chi connectivity index (χ2v) is 8.08. The number of amides is 1. The summed E-state index contributed by atoms with van der Waals surface area (Å²) in [5.41, 5.74) is 1.97. The van der Waals surface area contributed by atoms with Gasteiger partial charge in [0.15, 0.2) is 17.2 Å². The van der Waals surface area contributed by atoms with E-state index in [-0.39, 0.29) is 12.2 Å². The molecule has 2 aromatic carbocycles. The van der Waals surface area contributed by atoms with Crippen LogP contribution in [0.5, 0.6) is 0 Å². The molecule has 0 radical (unpaired) electrons. The molecule has 3 aromatic rings. The number of carbonyl (C=O) groups is 1. The van der Waals surface area contributed by atoms with E-state index >= 15 is 4.39 Å². The van der Waals surface area contributed by atoms with E-state index in [9.17, 15) is 4.79 Å². The summed E-state index contributed by atoms with van der Waals surface area (Å²) < 4.78 is 32.8. The quantitative estimate of drug-likeness (QED) is 0.320. The van der Waals surface area contributed by atoms with E-state index in [1.807, 2.05) is 32.0 Å².